The van der Waals surface area contributed by atoms with E-state index in [1.807, 2.05) is 0 Å². The van der Waals surface area contributed by atoms with Crippen molar-refractivity contribution in [2.75, 3.05) is 59.4 Å². The molecule has 0 bridgehead atoms. The van der Waals surface area contributed by atoms with Crippen molar-refractivity contribution in [1.29, 1.82) is 0 Å². The number of hydrogen-bond donors (Lipinski definition) is 1. The highest BCUT2D eigenvalue weighted by Gasteiger charge is 2.22. The van der Waals surface area contributed by atoms with Gasteiger partial charge in [-0.1, -0.05) is 0 Å². The molecule has 0 saturated carbocycles. The first-order chi connectivity index (χ1) is 9.13. The molecular weight excluding hydrogens is 242 g/mol. The second-order valence-corrected chi connectivity index (χ2v) is 6.05. The SMILES string of the molecule is CN1CCN(CCN2CCCC(CC(=O)O)C2)CC1. The summed E-state index contributed by atoms with van der Waals surface area (Å²) in [5, 5.41) is 8.88. The molecule has 2 heterocycles. The summed E-state index contributed by atoms with van der Waals surface area (Å²) in [5.74, 6) is -0.287. The Morgan fingerprint density at radius 1 is 1.11 bits per heavy atom. The van der Waals surface area contributed by atoms with Crippen LogP contribution >= 0.6 is 0 Å². The van der Waals surface area contributed by atoms with Gasteiger partial charge in [0.1, 0.15) is 0 Å². The molecule has 0 radical (unpaired) electrons. The lowest BCUT2D eigenvalue weighted by Gasteiger charge is -2.36. The zero-order chi connectivity index (χ0) is 13.7. The molecule has 2 fully saturated rings. The molecule has 0 amide bonds. The van der Waals surface area contributed by atoms with E-state index in [4.69, 9.17) is 5.11 Å². The Hall–Kier alpha value is -0.650. The first-order valence-electron chi connectivity index (χ1n) is 7.48. The number of piperidine rings is 1. The molecule has 2 aliphatic rings. The van der Waals surface area contributed by atoms with Crippen LogP contribution in [-0.4, -0.2) is 85.2 Å². The Morgan fingerprint density at radius 3 is 2.47 bits per heavy atom. The molecule has 0 aromatic carbocycles. The number of likely N-dealkylation sites (N-methyl/N-ethyl adjacent to an activating group) is 1. The van der Waals surface area contributed by atoms with E-state index in [0.29, 0.717) is 12.3 Å². The average molecular weight is 269 g/mol. The van der Waals surface area contributed by atoms with E-state index in [2.05, 4.69) is 21.7 Å². The van der Waals surface area contributed by atoms with Crippen LogP contribution in [0.4, 0.5) is 0 Å². The summed E-state index contributed by atoms with van der Waals surface area (Å²) >= 11 is 0. The topological polar surface area (TPSA) is 47.0 Å². The smallest absolute Gasteiger partial charge is 0.303 e. The van der Waals surface area contributed by atoms with Crippen LogP contribution in [0.15, 0.2) is 0 Å². The molecule has 1 atom stereocenters. The highest BCUT2D eigenvalue weighted by molar-refractivity contribution is 5.67. The van der Waals surface area contributed by atoms with Crippen molar-refractivity contribution in [3.63, 3.8) is 0 Å². The molecule has 0 aromatic rings. The maximum absolute atomic E-state index is 10.8. The number of hydrogen-bond acceptors (Lipinski definition) is 4. The molecule has 0 spiro atoms. The Morgan fingerprint density at radius 2 is 1.79 bits per heavy atom. The van der Waals surface area contributed by atoms with Gasteiger partial charge in [-0.3, -0.25) is 9.69 Å². The lowest BCUT2D eigenvalue weighted by molar-refractivity contribution is -0.138. The van der Waals surface area contributed by atoms with Gasteiger partial charge in [0.15, 0.2) is 0 Å². The van der Waals surface area contributed by atoms with Gasteiger partial charge in [-0.15, -0.1) is 0 Å². The second-order valence-electron chi connectivity index (χ2n) is 6.05. The third-order valence-electron chi connectivity index (χ3n) is 4.39. The van der Waals surface area contributed by atoms with Gasteiger partial charge in [0, 0.05) is 52.2 Å². The Kier molecular flexibility index (Phi) is 5.60. The number of carboxylic acid groups (broad SMARTS) is 1. The van der Waals surface area contributed by atoms with Crippen LogP contribution in [0.1, 0.15) is 19.3 Å². The van der Waals surface area contributed by atoms with Crippen molar-refractivity contribution < 1.29 is 9.90 Å². The standard InChI is InChI=1S/C14H27N3O2/c1-15-5-7-16(8-6-15)9-10-17-4-2-3-13(12-17)11-14(18)19/h13H,2-12H2,1H3,(H,18,19). The Bertz CT molecular complexity index is 290. The lowest BCUT2D eigenvalue weighted by atomic mass is 9.95. The number of rotatable bonds is 5. The highest BCUT2D eigenvalue weighted by Crippen LogP contribution is 2.19. The maximum atomic E-state index is 10.8. The van der Waals surface area contributed by atoms with E-state index < -0.39 is 5.97 Å². The fourth-order valence-corrected chi connectivity index (χ4v) is 3.12. The molecule has 2 saturated heterocycles. The van der Waals surface area contributed by atoms with Gasteiger partial charge in [0.25, 0.3) is 0 Å². The highest BCUT2D eigenvalue weighted by atomic mass is 16.4. The molecule has 2 rings (SSSR count). The predicted molar refractivity (Wildman–Crippen MR) is 75.4 cm³/mol. The van der Waals surface area contributed by atoms with Crippen LogP contribution in [0.5, 0.6) is 0 Å². The van der Waals surface area contributed by atoms with E-state index in [0.717, 1.165) is 39.0 Å². The van der Waals surface area contributed by atoms with E-state index in [9.17, 15) is 4.79 Å². The van der Waals surface area contributed by atoms with Crippen LogP contribution in [0.2, 0.25) is 0 Å². The molecular formula is C14H27N3O2. The predicted octanol–water partition coefficient (Wildman–Crippen LogP) is 0.421. The number of carbonyl (C=O) groups is 1. The van der Waals surface area contributed by atoms with E-state index in [1.165, 1.54) is 26.2 Å². The molecule has 1 N–H and O–H groups in total. The number of piperazine rings is 1. The zero-order valence-corrected chi connectivity index (χ0v) is 12.1. The Labute approximate surface area is 116 Å². The fourth-order valence-electron chi connectivity index (χ4n) is 3.12. The van der Waals surface area contributed by atoms with Gasteiger partial charge in [0.2, 0.25) is 0 Å². The van der Waals surface area contributed by atoms with Crippen LogP contribution in [0.25, 0.3) is 0 Å². The first kappa shape index (κ1) is 14.8. The van der Waals surface area contributed by atoms with Gasteiger partial charge >= 0.3 is 5.97 Å². The van der Waals surface area contributed by atoms with Gasteiger partial charge < -0.3 is 14.9 Å². The second kappa shape index (κ2) is 7.22. The van der Waals surface area contributed by atoms with Crippen LogP contribution in [-0.2, 0) is 4.79 Å². The van der Waals surface area contributed by atoms with Gasteiger partial charge in [-0.2, -0.15) is 0 Å². The minimum atomic E-state index is -0.647. The van der Waals surface area contributed by atoms with Crippen LogP contribution in [0, 0.1) is 5.92 Å². The van der Waals surface area contributed by atoms with Crippen molar-refractivity contribution in [2.45, 2.75) is 19.3 Å². The number of carboxylic acids is 1. The summed E-state index contributed by atoms with van der Waals surface area (Å²) in [6.45, 7) is 9.02. The van der Waals surface area contributed by atoms with E-state index in [1.54, 1.807) is 0 Å². The van der Waals surface area contributed by atoms with E-state index >= 15 is 0 Å². The summed E-state index contributed by atoms with van der Waals surface area (Å²) in [7, 11) is 2.18. The molecule has 1 unspecified atom stereocenters. The molecule has 0 aromatic heterocycles. The van der Waals surface area contributed by atoms with Gasteiger partial charge in [-0.25, -0.2) is 0 Å². The minimum absolute atomic E-state index is 0.338. The number of likely N-dealkylation sites (tertiary alicyclic amines) is 1. The molecule has 2 aliphatic heterocycles. The quantitative estimate of drug-likeness (QED) is 0.784. The summed E-state index contributed by atoms with van der Waals surface area (Å²) < 4.78 is 0. The van der Waals surface area contributed by atoms with Crippen molar-refractivity contribution >= 4 is 5.97 Å². The van der Waals surface area contributed by atoms with Gasteiger partial charge in [-0.05, 0) is 32.4 Å². The van der Waals surface area contributed by atoms with Crippen molar-refractivity contribution in [3.05, 3.63) is 0 Å². The third-order valence-corrected chi connectivity index (χ3v) is 4.39. The monoisotopic (exact) mass is 269 g/mol. The molecule has 5 nitrogen and oxygen atoms in total. The van der Waals surface area contributed by atoms with Crippen molar-refractivity contribution in [2.24, 2.45) is 5.92 Å². The first-order valence-corrected chi connectivity index (χ1v) is 7.48. The number of aliphatic carboxylic acids is 1. The van der Waals surface area contributed by atoms with Crippen molar-refractivity contribution in [3.8, 4) is 0 Å². The van der Waals surface area contributed by atoms with Crippen LogP contribution < -0.4 is 0 Å². The summed E-state index contributed by atoms with van der Waals surface area (Å²) in [6, 6.07) is 0. The van der Waals surface area contributed by atoms with Crippen molar-refractivity contribution in [1.82, 2.24) is 14.7 Å². The number of nitrogens with zero attached hydrogens (tertiary/aromatic N) is 3. The fraction of sp³-hybridized carbons (Fsp3) is 0.929. The Balaban J connectivity index is 1.66. The molecule has 19 heavy (non-hydrogen) atoms. The zero-order valence-electron chi connectivity index (χ0n) is 12.1. The summed E-state index contributed by atoms with van der Waals surface area (Å²) in [4.78, 5) is 18.1. The van der Waals surface area contributed by atoms with Gasteiger partial charge in [0.05, 0.1) is 0 Å². The molecule has 0 aliphatic carbocycles. The molecule has 110 valence electrons. The maximum Gasteiger partial charge on any atom is 0.303 e. The summed E-state index contributed by atoms with van der Waals surface area (Å²) in [5.41, 5.74) is 0. The lowest BCUT2D eigenvalue weighted by Crippen LogP contribution is -2.48. The summed E-state index contributed by atoms with van der Waals surface area (Å²) in [6.07, 6.45) is 2.57. The normalized spacial score (nSPS) is 27.5. The average Bonchev–Trinajstić information content (AvgIpc) is 2.38. The molecule has 5 heteroatoms. The minimum Gasteiger partial charge on any atom is -0.481 e. The largest absolute Gasteiger partial charge is 0.481 e. The van der Waals surface area contributed by atoms with E-state index in [-0.39, 0.29) is 0 Å². The third kappa shape index (κ3) is 5.09. The van der Waals surface area contributed by atoms with Crippen LogP contribution in [0.3, 0.4) is 0 Å².